The number of benzene rings is 1. The van der Waals surface area contributed by atoms with Gasteiger partial charge in [0.25, 0.3) is 0 Å². The highest BCUT2D eigenvalue weighted by Gasteiger charge is 2.04. The summed E-state index contributed by atoms with van der Waals surface area (Å²) in [6.45, 7) is 5.26. The number of aromatic nitrogens is 2. The first kappa shape index (κ1) is 23.9. The Kier molecular flexibility index (Phi) is 10.4. The molecule has 1 aromatic carbocycles. The van der Waals surface area contributed by atoms with Crippen LogP contribution in [0.2, 0.25) is 0 Å². The van der Waals surface area contributed by atoms with E-state index in [1.807, 2.05) is 18.2 Å². The molecule has 0 bridgehead atoms. The van der Waals surface area contributed by atoms with Gasteiger partial charge in [-0.1, -0.05) is 24.3 Å². The van der Waals surface area contributed by atoms with Gasteiger partial charge < -0.3 is 25.1 Å². The molecule has 8 heteroatoms. The van der Waals surface area contributed by atoms with E-state index in [-0.39, 0.29) is 24.0 Å². The number of hydrogen-bond acceptors (Lipinski definition) is 4. The van der Waals surface area contributed by atoms with Crippen LogP contribution in [-0.2, 0) is 17.7 Å². The minimum atomic E-state index is 0. The van der Waals surface area contributed by atoms with Gasteiger partial charge in [-0.15, -0.1) is 24.0 Å². The summed E-state index contributed by atoms with van der Waals surface area (Å²) in [5.41, 5.74) is 3.50. The largest absolute Gasteiger partial charge is 0.475 e. The lowest BCUT2D eigenvalue weighted by Crippen LogP contribution is -2.38. The number of aliphatic imine (C=N–C) groups is 1. The van der Waals surface area contributed by atoms with E-state index in [0.29, 0.717) is 25.6 Å². The molecule has 0 saturated heterocycles. The molecule has 0 atom stereocenters. The topological polar surface area (TPSA) is 83.6 Å². The van der Waals surface area contributed by atoms with E-state index in [1.54, 1.807) is 13.3 Å². The highest BCUT2D eigenvalue weighted by Crippen LogP contribution is 2.17. The number of halogens is 1. The number of H-pyrrole nitrogens is 1. The van der Waals surface area contributed by atoms with Crippen LogP contribution in [0, 0.1) is 0 Å². The first-order valence-corrected chi connectivity index (χ1v) is 9.94. The predicted octanol–water partition coefficient (Wildman–Crippen LogP) is 3.50. The van der Waals surface area contributed by atoms with Gasteiger partial charge in [0.15, 0.2) is 5.96 Å². The molecule has 0 unspecified atom stereocenters. The van der Waals surface area contributed by atoms with Crippen molar-refractivity contribution in [1.29, 1.82) is 0 Å². The molecule has 0 aliphatic rings. The minimum Gasteiger partial charge on any atom is -0.475 e. The van der Waals surface area contributed by atoms with Crippen molar-refractivity contribution in [2.24, 2.45) is 4.99 Å². The number of nitrogens with one attached hydrogen (secondary N) is 3. The zero-order valence-corrected chi connectivity index (χ0v) is 19.8. The van der Waals surface area contributed by atoms with Crippen molar-refractivity contribution in [2.75, 3.05) is 33.4 Å². The minimum absolute atomic E-state index is 0. The van der Waals surface area contributed by atoms with Crippen molar-refractivity contribution >= 4 is 40.8 Å². The first-order chi connectivity index (χ1) is 14.3. The van der Waals surface area contributed by atoms with Crippen LogP contribution in [0.15, 0.2) is 53.8 Å². The van der Waals surface area contributed by atoms with E-state index in [9.17, 15) is 0 Å². The van der Waals surface area contributed by atoms with E-state index >= 15 is 0 Å². The summed E-state index contributed by atoms with van der Waals surface area (Å²) in [5.74, 6) is 1.39. The number of fused-ring (bicyclic) bond motifs is 1. The molecular weight excluding hydrogens is 493 g/mol. The molecule has 162 valence electrons. The third-order valence-electron chi connectivity index (χ3n) is 4.46. The van der Waals surface area contributed by atoms with Crippen LogP contribution in [0.25, 0.3) is 10.9 Å². The zero-order chi connectivity index (χ0) is 20.3. The van der Waals surface area contributed by atoms with E-state index in [4.69, 9.17) is 9.47 Å². The van der Waals surface area contributed by atoms with Crippen LogP contribution in [0.3, 0.4) is 0 Å². The van der Waals surface area contributed by atoms with Gasteiger partial charge in [0.1, 0.15) is 6.61 Å². The fourth-order valence-corrected chi connectivity index (χ4v) is 2.99. The van der Waals surface area contributed by atoms with Crippen LogP contribution in [0.1, 0.15) is 18.1 Å². The highest BCUT2D eigenvalue weighted by molar-refractivity contribution is 14.0. The van der Waals surface area contributed by atoms with E-state index < -0.39 is 0 Å². The number of hydrogen-bond donors (Lipinski definition) is 3. The molecule has 0 spiro atoms. The number of nitrogens with zero attached hydrogens (tertiary/aromatic N) is 2. The van der Waals surface area contributed by atoms with Gasteiger partial charge in [0, 0.05) is 49.6 Å². The molecule has 0 saturated carbocycles. The predicted molar refractivity (Wildman–Crippen MR) is 132 cm³/mol. The summed E-state index contributed by atoms with van der Waals surface area (Å²) in [4.78, 5) is 12.3. The summed E-state index contributed by atoms with van der Waals surface area (Å²) < 4.78 is 10.5. The molecule has 2 aromatic heterocycles. The van der Waals surface area contributed by atoms with Crippen molar-refractivity contribution in [2.45, 2.75) is 19.9 Å². The van der Waals surface area contributed by atoms with Crippen LogP contribution in [0.4, 0.5) is 0 Å². The summed E-state index contributed by atoms with van der Waals surface area (Å²) in [7, 11) is 1.65. The molecule has 3 N–H and O–H groups in total. The van der Waals surface area contributed by atoms with Crippen LogP contribution < -0.4 is 15.4 Å². The molecule has 0 aliphatic heterocycles. The lowest BCUT2D eigenvalue weighted by atomic mass is 10.1. The molecule has 3 rings (SSSR count). The maximum Gasteiger partial charge on any atom is 0.213 e. The van der Waals surface area contributed by atoms with Gasteiger partial charge in [-0.2, -0.15) is 0 Å². The first-order valence-electron chi connectivity index (χ1n) is 9.94. The summed E-state index contributed by atoms with van der Waals surface area (Å²) in [5, 5.41) is 7.97. The van der Waals surface area contributed by atoms with E-state index in [2.05, 4.69) is 56.9 Å². The molecular formula is C22H30IN5O2. The SMILES string of the molecule is CCNC(=NCc1ccc(OCCOC)nc1)NCCc1c[nH]c2ccccc12.I. The van der Waals surface area contributed by atoms with Crippen molar-refractivity contribution in [3.05, 3.63) is 59.9 Å². The Bertz CT molecular complexity index is 911. The van der Waals surface area contributed by atoms with Crippen LogP contribution in [0.5, 0.6) is 5.88 Å². The van der Waals surface area contributed by atoms with Gasteiger partial charge in [-0.3, -0.25) is 0 Å². The third kappa shape index (κ3) is 7.17. The number of aromatic amines is 1. The number of guanidine groups is 1. The van der Waals surface area contributed by atoms with Gasteiger partial charge in [-0.25, -0.2) is 9.98 Å². The highest BCUT2D eigenvalue weighted by atomic mass is 127. The van der Waals surface area contributed by atoms with Crippen molar-refractivity contribution in [3.8, 4) is 5.88 Å². The number of methoxy groups -OCH3 is 1. The third-order valence-corrected chi connectivity index (χ3v) is 4.46. The summed E-state index contributed by atoms with van der Waals surface area (Å²) >= 11 is 0. The Labute approximate surface area is 194 Å². The van der Waals surface area contributed by atoms with Gasteiger partial charge in [0.2, 0.25) is 5.88 Å². The van der Waals surface area contributed by atoms with Crippen molar-refractivity contribution in [1.82, 2.24) is 20.6 Å². The standard InChI is InChI=1S/C22H29N5O2.HI/c1-3-23-22(24-11-10-18-16-25-20-7-5-4-6-19(18)20)27-15-17-8-9-21(26-14-17)29-13-12-28-2;/h4-9,14,16,25H,3,10-13,15H2,1-2H3,(H2,23,24,27);1H. The maximum atomic E-state index is 5.49. The fourth-order valence-electron chi connectivity index (χ4n) is 2.99. The van der Waals surface area contributed by atoms with Crippen LogP contribution >= 0.6 is 24.0 Å². The van der Waals surface area contributed by atoms with Crippen molar-refractivity contribution < 1.29 is 9.47 Å². The molecule has 0 amide bonds. The van der Waals surface area contributed by atoms with Crippen molar-refractivity contribution in [3.63, 3.8) is 0 Å². The summed E-state index contributed by atoms with van der Waals surface area (Å²) in [6, 6.07) is 12.2. The molecule has 0 radical (unpaired) electrons. The smallest absolute Gasteiger partial charge is 0.213 e. The molecule has 30 heavy (non-hydrogen) atoms. The monoisotopic (exact) mass is 523 g/mol. The Morgan fingerprint density at radius 2 is 2.00 bits per heavy atom. The number of rotatable bonds is 10. The number of ether oxygens (including phenoxy) is 2. The Hall–Kier alpha value is -2.33. The second-order valence-electron chi connectivity index (χ2n) is 6.58. The molecule has 7 nitrogen and oxygen atoms in total. The summed E-state index contributed by atoms with van der Waals surface area (Å²) in [6.07, 6.45) is 4.79. The van der Waals surface area contributed by atoms with E-state index in [0.717, 1.165) is 31.0 Å². The Balaban J connectivity index is 0.00000320. The lowest BCUT2D eigenvalue weighted by molar-refractivity contribution is 0.143. The average Bonchev–Trinajstić information content (AvgIpc) is 3.16. The van der Waals surface area contributed by atoms with E-state index in [1.165, 1.54) is 16.5 Å². The fraction of sp³-hybridized carbons (Fsp3) is 0.364. The molecule has 0 fully saturated rings. The van der Waals surface area contributed by atoms with Gasteiger partial charge in [-0.05, 0) is 30.5 Å². The second kappa shape index (κ2) is 13.1. The lowest BCUT2D eigenvalue weighted by Gasteiger charge is -2.11. The Morgan fingerprint density at radius 1 is 1.13 bits per heavy atom. The second-order valence-corrected chi connectivity index (χ2v) is 6.58. The zero-order valence-electron chi connectivity index (χ0n) is 17.5. The number of pyridine rings is 1. The van der Waals surface area contributed by atoms with Gasteiger partial charge >= 0.3 is 0 Å². The maximum absolute atomic E-state index is 5.49. The average molecular weight is 523 g/mol. The normalized spacial score (nSPS) is 11.2. The molecule has 2 heterocycles. The van der Waals surface area contributed by atoms with Crippen LogP contribution in [-0.4, -0.2) is 49.3 Å². The molecule has 0 aliphatic carbocycles. The molecule has 3 aromatic rings. The quantitative estimate of drug-likeness (QED) is 0.164. The number of para-hydroxylation sites is 1. The Morgan fingerprint density at radius 3 is 2.77 bits per heavy atom. The van der Waals surface area contributed by atoms with Gasteiger partial charge in [0.05, 0.1) is 13.2 Å².